The molecule has 13 heavy (non-hydrogen) atoms. The summed E-state index contributed by atoms with van der Waals surface area (Å²) in [6.07, 6.45) is 3.05. The molecule has 0 fully saturated rings. The Labute approximate surface area is 78.0 Å². The molecule has 1 aromatic rings. The van der Waals surface area contributed by atoms with Crippen LogP contribution in [-0.4, -0.2) is 23.2 Å². The van der Waals surface area contributed by atoms with E-state index in [1.165, 1.54) is 6.20 Å². The Morgan fingerprint density at radius 2 is 2.00 bits per heavy atom. The molecule has 4 heteroatoms. The second kappa shape index (κ2) is 7.46. The summed E-state index contributed by atoms with van der Waals surface area (Å²) >= 11 is 0. The number of rotatable bonds is 3. The number of nitrogens with zero attached hydrogens (tertiary/aromatic N) is 2. The van der Waals surface area contributed by atoms with Gasteiger partial charge in [-0.3, -0.25) is 4.98 Å². The van der Waals surface area contributed by atoms with Gasteiger partial charge in [0.1, 0.15) is 13.3 Å². The van der Waals surface area contributed by atoms with Crippen LogP contribution in [0.25, 0.3) is 0 Å². The van der Waals surface area contributed by atoms with Crippen LogP contribution in [0.4, 0.5) is 4.39 Å². The van der Waals surface area contributed by atoms with Gasteiger partial charge < -0.3 is 4.74 Å². The third kappa shape index (κ3) is 5.11. The fourth-order valence-electron chi connectivity index (χ4n) is 0.598. The quantitative estimate of drug-likeness (QED) is 0.725. The molecule has 0 amide bonds. The monoisotopic (exact) mass is 186 g/mol. The normalized spacial score (nSPS) is 8.62. The van der Waals surface area contributed by atoms with Crippen LogP contribution in [-0.2, 0) is 0 Å². The van der Waals surface area contributed by atoms with Crippen molar-refractivity contribution >= 4 is 0 Å². The van der Waals surface area contributed by atoms with Crippen molar-refractivity contribution in [2.24, 2.45) is 0 Å². The zero-order valence-corrected chi connectivity index (χ0v) is 8.25. The van der Waals surface area contributed by atoms with Crippen molar-refractivity contribution in [2.45, 2.75) is 20.8 Å². The van der Waals surface area contributed by atoms with Gasteiger partial charge in [-0.05, 0) is 6.92 Å². The molecule has 0 unspecified atom stereocenters. The van der Waals surface area contributed by atoms with Crippen molar-refractivity contribution in [3.63, 3.8) is 0 Å². The Morgan fingerprint density at radius 1 is 1.31 bits per heavy atom. The van der Waals surface area contributed by atoms with Crippen molar-refractivity contribution in [1.29, 1.82) is 0 Å². The first-order chi connectivity index (χ1) is 6.33. The fraction of sp³-hybridized carbons (Fsp3) is 0.556. The van der Waals surface area contributed by atoms with E-state index < -0.39 is 6.67 Å². The topological polar surface area (TPSA) is 35.0 Å². The first-order valence-corrected chi connectivity index (χ1v) is 4.30. The van der Waals surface area contributed by atoms with E-state index in [0.717, 1.165) is 5.69 Å². The smallest absolute Gasteiger partial charge is 0.232 e. The molecule has 0 spiro atoms. The molecule has 1 aromatic heterocycles. The molecule has 0 saturated carbocycles. The standard InChI is InChI=1S/C7H9FN2O.C2H6/c1-6-4-10-7(5-9-6)11-3-2-8;1-2/h4-5H,2-3H2,1H3;1-2H3. The van der Waals surface area contributed by atoms with Crippen LogP contribution < -0.4 is 4.74 Å². The number of hydrogen-bond acceptors (Lipinski definition) is 3. The molecule has 3 nitrogen and oxygen atoms in total. The van der Waals surface area contributed by atoms with Crippen LogP contribution >= 0.6 is 0 Å². The van der Waals surface area contributed by atoms with E-state index in [-0.39, 0.29) is 6.61 Å². The largest absolute Gasteiger partial charge is 0.474 e. The molecule has 0 aliphatic carbocycles. The van der Waals surface area contributed by atoms with Gasteiger partial charge in [-0.2, -0.15) is 0 Å². The highest BCUT2D eigenvalue weighted by atomic mass is 19.1. The van der Waals surface area contributed by atoms with E-state index in [2.05, 4.69) is 9.97 Å². The van der Waals surface area contributed by atoms with Crippen molar-refractivity contribution < 1.29 is 9.13 Å². The van der Waals surface area contributed by atoms with Crippen molar-refractivity contribution in [2.75, 3.05) is 13.3 Å². The lowest BCUT2D eigenvalue weighted by Crippen LogP contribution is -2.00. The molecule has 0 aliphatic heterocycles. The number of alkyl halides is 1. The SMILES string of the molecule is CC.Cc1cnc(OCCF)cn1. The van der Waals surface area contributed by atoms with Crippen LogP contribution in [0, 0.1) is 6.92 Å². The summed E-state index contributed by atoms with van der Waals surface area (Å²) in [5, 5.41) is 0. The Bertz CT molecular complexity index is 213. The number of hydrogen-bond donors (Lipinski definition) is 0. The summed E-state index contributed by atoms with van der Waals surface area (Å²) in [4.78, 5) is 7.79. The highest BCUT2D eigenvalue weighted by molar-refractivity contribution is 5.05. The molecule has 1 rings (SSSR count). The average molecular weight is 186 g/mol. The molecule has 0 radical (unpaired) electrons. The first kappa shape index (κ1) is 11.8. The summed E-state index contributed by atoms with van der Waals surface area (Å²) in [5.41, 5.74) is 0.817. The minimum absolute atomic E-state index is 0.0394. The van der Waals surface area contributed by atoms with E-state index in [4.69, 9.17) is 4.74 Å². The fourth-order valence-corrected chi connectivity index (χ4v) is 0.598. The predicted molar refractivity (Wildman–Crippen MR) is 49.6 cm³/mol. The van der Waals surface area contributed by atoms with Crippen LogP contribution in [0.3, 0.4) is 0 Å². The molecular formula is C9H15FN2O. The average Bonchev–Trinajstić information content (AvgIpc) is 2.20. The van der Waals surface area contributed by atoms with Gasteiger partial charge in [-0.25, -0.2) is 9.37 Å². The lowest BCUT2D eigenvalue weighted by molar-refractivity contribution is 0.263. The maximum atomic E-state index is 11.6. The number of aryl methyl sites for hydroxylation is 1. The van der Waals surface area contributed by atoms with Gasteiger partial charge in [0.15, 0.2) is 0 Å². The Kier molecular flexibility index (Phi) is 6.78. The Morgan fingerprint density at radius 3 is 2.46 bits per heavy atom. The summed E-state index contributed by atoms with van der Waals surface area (Å²) in [5.74, 6) is 0.369. The maximum absolute atomic E-state index is 11.6. The molecule has 1 heterocycles. The predicted octanol–water partition coefficient (Wildman–Crippen LogP) is 2.16. The van der Waals surface area contributed by atoms with E-state index in [1.807, 2.05) is 20.8 Å². The zero-order valence-electron chi connectivity index (χ0n) is 8.25. The minimum atomic E-state index is -0.504. The van der Waals surface area contributed by atoms with Crippen LogP contribution in [0.15, 0.2) is 12.4 Å². The van der Waals surface area contributed by atoms with Crippen molar-refractivity contribution in [1.82, 2.24) is 9.97 Å². The highest BCUT2D eigenvalue weighted by Gasteiger charge is 1.93. The second-order valence-corrected chi connectivity index (χ2v) is 2.03. The van der Waals surface area contributed by atoms with Crippen LogP contribution in [0.1, 0.15) is 19.5 Å². The number of ether oxygens (including phenoxy) is 1. The van der Waals surface area contributed by atoms with E-state index in [0.29, 0.717) is 5.88 Å². The molecule has 0 N–H and O–H groups in total. The molecule has 0 saturated heterocycles. The summed E-state index contributed by atoms with van der Waals surface area (Å²) in [6.45, 7) is 5.36. The zero-order chi connectivity index (χ0) is 10.1. The number of halogens is 1. The van der Waals surface area contributed by atoms with Gasteiger partial charge in [0.05, 0.1) is 18.1 Å². The summed E-state index contributed by atoms with van der Waals surface area (Å²) in [6, 6.07) is 0. The molecule has 0 aliphatic rings. The van der Waals surface area contributed by atoms with Crippen molar-refractivity contribution in [3.8, 4) is 5.88 Å². The maximum Gasteiger partial charge on any atom is 0.232 e. The summed E-state index contributed by atoms with van der Waals surface area (Å²) < 4.78 is 16.4. The third-order valence-corrected chi connectivity index (χ3v) is 1.08. The van der Waals surface area contributed by atoms with Gasteiger partial charge in [-0.15, -0.1) is 0 Å². The Balaban J connectivity index is 0.000000671. The first-order valence-electron chi connectivity index (χ1n) is 4.30. The third-order valence-electron chi connectivity index (χ3n) is 1.08. The van der Waals surface area contributed by atoms with Gasteiger partial charge >= 0.3 is 0 Å². The van der Waals surface area contributed by atoms with Gasteiger partial charge in [0.2, 0.25) is 5.88 Å². The number of aromatic nitrogens is 2. The van der Waals surface area contributed by atoms with Gasteiger partial charge in [-0.1, -0.05) is 13.8 Å². The molecule has 0 atom stereocenters. The molecular weight excluding hydrogens is 171 g/mol. The molecule has 0 aromatic carbocycles. The minimum Gasteiger partial charge on any atom is -0.474 e. The molecule has 74 valence electrons. The van der Waals surface area contributed by atoms with Gasteiger partial charge in [0.25, 0.3) is 0 Å². The van der Waals surface area contributed by atoms with Crippen LogP contribution in [0.2, 0.25) is 0 Å². The van der Waals surface area contributed by atoms with E-state index in [1.54, 1.807) is 6.20 Å². The molecule has 0 bridgehead atoms. The summed E-state index contributed by atoms with van der Waals surface area (Å²) in [7, 11) is 0. The van der Waals surface area contributed by atoms with Crippen LogP contribution in [0.5, 0.6) is 5.88 Å². The van der Waals surface area contributed by atoms with E-state index in [9.17, 15) is 4.39 Å². The lowest BCUT2D eigenvalue weighted by atomic mass is 10.5. The van der Waals surface area contributed by atoms with E-state index >= 15 is 0 Å². The second-order valence-electron chi connectivity index (χ2n) is 2.03. The Hall–Kier alpha value is -1.19. The highest BCUT2D eigenvalue weighted by Crippen LogP contribution is 2.02. The van der Waals surface area contributed by atoms with Gasteiger partial charge in [0, 0.05) is 0 Å². The lowest BCUT2D eigenvalue weighted by Gasteiger charge is -2.00. The van der Waals surface area contributed by atoms with Crippen molar-refractivity contribution in [3.05, 3.63) is 18.1 Å².